The minimum atomic E-state index is -0.809. The van der Waals surface area contributed by atoms with E-state index in [0.29, 0.717) is 16.5 Å². The summed E-state index contributed by atoms with van der Waals surface area (Å²) in [4.78, 5) is 14.7. The van der Waals surface area contributed by atoms with Crippen molar-refractivity contribution in [3.05, 3.63) is 50.7 Å². The first-order valence-electron chi connectivity index (χ1n) is 7.31. The molecular weight excluding hydrogens is 426 g/mol. The first kappa shape index (κ1) is 16.8. The lowest BCUT2D eigenvalue weighted by Crippen LogP contribution is -2.16. The van der Waals surface area contributed by atoms with E-state index in [4.69, 9.17) is 9.15 Å². The summed E-state index contributed by atoms with van der Waals surface area (Å²) in [7, 11) is 0. The molecule has 0 aliphatic carbocycles. The summed E-state index contributed by atoms with van der Waals surface area (Å²) in [5.74, 6) is 0.150. The topological polar surface area (TPSA) is 116 Å². The number of thioether (sulfide) groups is 1. The number of anilines is 1. The lowest BCUT2D eigenvalue weighted by molar-refractivity contribution is -0.402. The van der Waals surface area contributed by atoms with Gasteiger partial charge in [0.15, 0.2) is 11.5 Å². The molecule has 1 aromatic carbocycles. The van der Waals surface area contributed by atoms with E-state index in [9.17, 15) is 10.1 Å². The van der Waals surface area contributed by atoms with Crippen molar-refractivity contribution in [1.29, 1.82) is 0 Å². The molecule has 0 saturated heterocycles. The Morgan fingerprint density at radius 1 is 1.31 bits per heavy atom. The number of hydrogen-bond donors (Lipinski definition) is 1. The van der Waals surface area contributed by atoms with E-state index in [1.807, 2.05) is 24.5 Å². The van der Waals surface area contributed by atoms with E-state index in [1.165, 1.54) is 23.9 Å². The quantitative estimate of drug-likeness (QED) is 0.369. The number of rotatable bonds is 3. The number of benzene rings is 1. The molecule has 4 rings (SSSR count). The maximum absolute atomic E-state index is 10.9. The van der Waals surface area contributed by atoms with Gasteiger partial charge in [-0.2, -0.15) is 4.98 Å². The summed E-state index contributed by atoms with van der Waals surface area (Å²) in [5.41, 5.74) is 1.92. The van der Waals surface area contributed by atoms with E-state index in [-0.39, 0.29) is 17.5 Å². The third-order valence-electron chi connectivity index (χ3n) is 3.62. The molecule has 26 heavy (non-hydrogen) atoms. The number of nitrogens with one attached hydrogen (secondary N) is 1. The van der Waals surface area contributed by atoms with Crippen molar-refractivity contribution in [3.8, 4) is 17.1 Å². The summed E-state index contributed by atoms with van der Waals surface area (Å²) >= 11 is 4.77. The van der Waals surface area contributed by atoms with E-state index < -0.39 is 11.2 Å². The molecule has 11 heteroatoms. The van der Waals surface area contributed by atoms with Gasteiger partial charge in [0.2, 0.25) is 17.3 Å². The van der Waals surface area contributed by atoms with Gasteiger partial charge in [-0.3, -0.25) is 10.1 Å². The Bertz CT molecular complexity index is 1010. The van der Waals surface area contributed by atoms with Crippen LogP contribution in [0.15, 0.2) is 44.4 Å². The molecule has 132 valence electrons. The molecular formula is C15H10BrN5O4S. The van der Waals surface area contributed by atoms with Crippen LogP contribution in [0.2, 0.25) is 0 Å². The number of halogens is 1. The van der Waals surface area contributed by atoms with Gasteiger partial charge in [-0.05, 0) is 30.5 Å². The zero-order valence-corrected chi connectivity index (χ0v) is 15.6. The Morgan fingerprint density at radius 3 is 2.88 bits per heavy atom. The van der Waals surface area contributed by atoms with Crippen LogP contribution >= 0.6 is 27.7 Å². The fraction of sp³-hybridized carbons (Fsp3) is 0.133. The maximum Gasteiger partial charge on any atom is 0.433 e. The second-order valence-electron chi connectivity index (χ2n) is 5.22. The molecule has 0 saturated carbocycles. The minimum Gasteiger partial charge on any atom is -0.444 e. The van der Waals surface area contributed by atoms with E-state index in [0.717, 1.165) is 10.0 Å². The smallest absolute Gasteiger partial charge is 0.433 e. The highest BCUT2D eigenvalue weighted by atomic mass is 79.9. The van der Waals surface area contributed by atoms with Crippen molar-refractivity contribution in [3.63, 3.8) is 0 Å². The van der Waals surface area contributed by atoms with Crippen molar-refractivity contribution in [2.24, 2.45) is 0 Å². The molecule has 0 unspecified atom stereocenters. The lowest BCUT2D eigenvalue weighted by Gasteiger charge is -2.16. The summed E-state index contributed by atoms with van der Waals surface area (Å²) in [6, 6.07) is 8.33. The van der Waals surface area contributed by atoms with Gasteiger partial charge < -0.3 is 14.5 Å². The Morgan fingerprint density at radius 2 is 2.15 bits per heavy atom. The Balaban J connectivity index is 1.84. The first-order chi connectivity index (χ1) is 12.5. The number of hydrogen-bond acceptors (Lipinski definition) is 9. The molecule has 0 spiro atoms. The van der Waals surface area contributed by atoms with Crippen LogP contribution in [0.5, 0.6) is 5.88 Å². The van der Waals surface area contributed by atoms with Crippen molar-refractivity contribution in [1.82, 2.24) is 15.2 Å². The summed E-state index contributed by atoms with van der Waals surface area (Å²) in [5, 5.41) is 22.8. The summed E-state index contributed by atoms with van der Waals surface area (Å²) < 4.78 is 12.1. The largest absolute Gasteiger partial charge is 0.444 e. The normalized spacial score (nSPS) is 15.2. The second-order valence-corrected chi connectivity index (χ2v) is 6.91. The number of furan rings is 1. The monoisotopic (exact) mass is 435 g/mol. The predicted molar refractivity (Wildman–Crippen MR) is 97.1 cm³/mol. The van der Waals surface area contributed by atoms with Gasteiger partial charge in [-0.25, -0.2) is 0 Å². The third-order valence-corrected chi connectivity index (χ3v) is 4.65. The third kappa shape index (κ3) is 2.99. The molecule has 0 radical (unpaired) electrons. The molecule has 3 aromatic rings. The molecule has 0 fully saturated rings. The summed E-state index contributed by atoms with van der Waals surface area (Å²) in [6.07, 6.45) is 1.02. The van der Waals surface area contributed by atoms with Crippen LogP contribution in [-0.2, 0) is 0 Å². The standard InChI is InChI=1S/C15H10BrN5O4S/c1-26-15-18-14-12(19-20-15)8-6-7(16)2-3-9(8)17-13(25-14)10-4-5-11(24-10)21(22)23/h2-6,13,17H,1H3/t13-/m1/s1. The van der Waals surface area contributed by atoms with Crippen LogP contribution in [0, 0.1) is 10.1 Å². The van der Waals surface area contributed by atoms with E-state index >= 15 is 0 Å². The van der Waals surface area contributed by atoms with E-state index in [1.54, 1.807) is 0 Å². The average Bonchev–Trinajstić information content (AvgIpc) is 3.07. The number of fused-ring (bicyclic) bond motifs is 3. The minimum absolute atomic E-state index is 0.253. The average molecular weight is 436 g/mol. The van der Waals surface area contributed by atoms with Crippen LogP contribution in [0.3, 0.4) is 0 Å². The van der Waals surface area contributed by atoms with Crippen molar-refractivity contribution in [2.75, 3.05) is 11.6 Å². The highest BCUT2D eigenvalue weighted by molar-refractivity contribution is 9.10. The highest BCUT2D eigenvalue weighted by Crippen LogP contribution is 2.41. The molecule has 1 N–H and O–H groups in total. The summed E-state index contributed by atoms with van der Waals surface area (Å²) in [6.45, 7) is 0. The molecule has 3 heterocycles. The second kappa shape index (κ2) is 6.57. The molecule has 0 bridgehead atoms. The Hall–Kier alpha value is -2.66. The Kier molecular flexibility index (Phi) is 4.24. The van der Waals surface area contributed by atoms with Gasteiger partial charge in [-0.1, -0.05) is 27.7 Å². The predicted octanol–water partition coefficient (Wildman–Crippen LogP) is 4.03. The van der Waals surface area contributed by atoms with Gasteiger partial charge in [0.25, 0.3) is 0 Å². The Labute approximate surface area is 159 Å². The van der Waals surface area contributed by atoms with Gasteiger partial charge in [-0.15, -0.1) is 10.2 Å². The fourth-order valence-electron chi connectivity index (χ4n) is 2.47. The zero-order valence-electron chi connectivity index (χ0n) is 13.2. The highest BCUT2D eigenvalue weighted by Gasteiger charge is 2.29. The SMILES string of the molecule is CSc1nnc2c(n1)O[C@H](c1ccc([N+](=O)[O-])o1)Nc1ccc(Br)cc1-2. The lowest BCUT2D eigenvalue weighted by atomic mass is 10.1. The van der Waals surface area contributed by atoms with Crippen LogP contribution in [-0.4, -0.2) is 26.4 Å². The maximum atomic E-state index is 10.9. The van der Waals surface area contributed by atoms with Gasteiger partial charge in [0.05, 0.1) is 6.07 Å². The molecule has 2 aromatic heterocycles. The van der Waals surface area contributed by atoms with Crippen LogP contribution in [0.1, 0.15) is 12.0 Å². The first-order valence-corrected chi connectivity index (χ1v) is 9.33. The number of aromatic nitrogens is 3. The molecule has 1 atom stereocenters. The van der Waals surface area contributed by atoms with Crippen molar-refractivity contribution >= 4 is 39.3 Å². The zero-order chi connectivity index (χ0) is 18.3. The van der Waals surface area contributed by atoms with E-state index in [2.05, 4.69) is 36.4 Å². The van der Waals surface area contributed by atoms with Gasteiger partial charge in [0, 0.05) is 15.7 Å². The van der Waals surface area contributed by atoms with Crippen LogP contribution in [0.4, 0.5) is 11.6 Å². The van der Waals surface area contributed by atoms with Crippen LogP contribution < -0.4 is 10.1 Å². The van der Waals surface area contributed by atoms with Crippen molar-refractivity contribution in [2.45, 2.75) is 11.4 Å². The molecule has 1 aliphatic heterocycles. The number of ether oxygens (including phenoxy) is 1. The van der Waals surface area contributed by atoms with Gasteiger partial charge in [0.1, 0.15) is 4.92 Å². The van der Waals surface area contributed by atoms with Crippen LogP contribution in [0.25, 0.3) is 11.3 Å². The van der Waals surface area contributed by atoms with Gasteiger partial charge >= 0.3 is 5.88 Å². The molecule has 9 nitrogen and oxygen atoms in total. The fourth-order valence-corrected chi connectivity index (χ4v) is 3.12. The number of nitrogens with zero attached hydrogens (tertiary/aromatic N) is 4. The molecule has 0 amide bonds. The number of nitro groups is 1. The molecule has 1 aliphatic rings. The van der Waals surface area contributed by atoms with Crippen molar-refractivity contribution < 1.29 is 14.1 Å².